The average molecular weight is 286 g/mol. The van der Waals surface area contributed by atoms with Crippen molar-refractivity contribution in [3.8, 4) is 6.07 Å². The lowest BCUT2D eigenvalue weighted by atomic mass is 10.0. The van der Waals surface area contributed by atoms with E-state index in [1.807, 2.05) is 6.07 Å². The Labute approximate surface area is 101 Å². The van der Waals surface area contributed by atoms with Crippen molar-refractivity contribution in [2.75, 3.05) is 6.61 Å². The summed E-state index contributed by atoms with van der Waals surface area (Å²) in [6, 6.07) is 4.32. The van der Waals surface area contributed by atoms with Gasteiger partial charge in [-0.3, -0.25) is 0 Å². The fourth-order valence-corrected chi connectivity index (χ4v) is 1.71. The number of esters is 1. The summed E-state index contributed by atoms with van der Waals surface area (Å²) in [5, 5.41) is 8.95. The van der Waals surface area contributed by atoms with Crippen molar-refractivity contribution in [1.82, 2.24) is 0 Å². The monoisotopic (exact) mass is 285 g/mol. The fraction of sp³-hybridized carbons (Fsp3) is 0.273. The lowest BCUT2D eigenvalue weighted by Crippen LogP contribution is -2.10. The third kappa shape index (κ3) is 2.58. The molecular weight excluding hydrogens is 277 g/mol. The highest BCUT2D eigenvalue weighted by Gasteiger charge is 2.18. The minimum absolute atomic E-state index is 0.113. The number of nitriles is 1. The molecule has 0 spiro atoms. The zero-order valence-electron chi connectivity index (χ0n) is 8.59. The largest absolute Gasteiger partial charge is 0.462 e. The van der Waals surface area contributed by atoms with Crippen molar-refractivity contribution in [2.45, 2.75) is 12.3 Å². The van der Waals surface area contributed by atoms with Crippen LogP contribution in [-0.4, -0.2) is 12.6 Å². The van der Waals surface area contributed by atoms with E-state index in [0.29, 0.717) is 5.56 Å². The zero-order chi connectivity index (χ0) is 12.1. The molecule has 0 radical (unpaired) electrons. The minimum Gasteiger partial charge on any atom is -0.462 e. The molecule has 0 aliphatic heterocycles. The van der Waals surface area contributed by atoms with E-state index in [1.54, 1.807) is 6.92 Å². The van der Waals surface area contributed by atoms with Gasteiger partial charge in [0.1, 0.15) is 5.82 Å². The summed E-state index contributed by atoms with van der Waals surface area (Å²) in [6.07, 6.45) is 0. The van der Waals surface area contributed by atoms with Gasteiger partial charge in [0.15, 0.2) is 0 Å². The number of hydrogen-bond acceptors (Lipinski definition) is 3. The van der Waals surface area contributed by atoms with Crippen molar-refractivity contribution >= 4 is 21.9 Å². The fourth-order valence-electron chi connectivity index (χ4n) is 1.27. The van der Waals surface area contributed by atoms with Gasteiger partial charge in [0, 0.05) is 5.33 Å². The Bertz CT molecular complexity index is 454. The maximum atomic E-state index is 13.6. The number of hydrogen-bond donors (Lipinski definition) is 0. The molecule has 0 fully saturated rings. The molecule has 0 N–H and O–H groups in total. The molecule has 0 aromatic heterocycles. The smallest absolute Gasteiger partial charge is 0.341 e. The molecule has 84 valence electrons. The third-order valence-electron chi connectivity index (χ3n) is 1.92. The van der Waals surface area contributed by atoms with Crippen LogP contribution in [0.2, 0.25) is 0 Å². The molecule has 3 nitrogen and oxygen atoms in total. The number of carbonyl (C=O) groups excluding carboxylic acids is 1. The lowest BCUT2D eigenvalue weighted by molar-refractivity contribution is 0.0520. The SMILES string of the molecule is CCOC(=O)c1c(F)cc(C#N)cc1CBr. The summed E-state index contributed by atoms with van der Waals surface area (Å²) < 4.78 is 18.3. The van der Waals surface area contributed by atoms with E-state index < -0.39 is 11.8 Å². The van der Waals surface area contributed by atoms with Crippen LogP contribution in [0.5, 0.6) is 0 Å². The second kappa shape index (κ2) is 5.61. The van der Waals surface area contributed by atoms with Gasteiger partial charge in [-0.05, 0) is 24.6 Å². The standard InChI is InChI=1S/C11H9BrFNO2/c1-2-16-11(15)10-8(5-12)3-7(6-14)4-9(10)13/h3-4H,2,5H2,1H3. The summed E-state index contributed by atoms with van der Waals surface area (Å²) in [6.45, 7) is 1.83. The van der Waals surface area contributed by atoms with Gasteiger partial charge < -0.3 is 4.74 Å². The molecule has 5 heteroatoms. The van der Waals surface area contributed by atoms with Crippen LogP contribution in [-0.2, 0) is 10.1 Å². The number of rotatable bonds is 3. The number of carbonyl (C=O) groups is 1. The Hall–Kier alpha value is -1.41. The van der Waals surface area contributed by atoms with Crippen molar-refractivity contribution < 1.29 is 13.9 Å². The summed E-state index contributed by atoms with van der Waals surface area (Å²) in [5.74, 6) is -1.44. The summed E-state index contributed by atoms with van der Waals surface area (Å²) in [5.41, 5.74) is 0.479. The average Bonchev–Trinajstić information content (AvgIpc) is 2.27. The van der Waals surface area contributed by atoms with Crippen LogP contribution >= 0.6 is 15.9 Å². The molecule has 0 bridgehead atoms. The van der Waals surface area contributed by atoms with E-state index in [0.717, 1.165) is 6.07 Å². The molecule has 0 saturated carbocycles. The number of ether oxygens (including phenoxy) is 1. The quantitative estimate of drug-likeness (QED) is 0.634. The van der Waals surface area contributed by atoms with Crippen LogP contribution in [0.15, 0.2) is 12.1 Å². The van der Waals surface area contributed by atoms with Crippen molar-refractivity contribution in [1.29, 1.82) is 5.26 Å². The molecule has 0 aliphatic rings. The van der Waals surface area contributed by atoms with E-state index in [2.05, 4.69) is 15.9 Å². The van der Waals surface area contributed by atoms with Gasteiger partial charge in [-0.2, -0.15) is 5.26 Å². The number of nitrogens with zero attached hydrogens (tertiary/aromatic N) is 1. The van der Waals surface area contributed by atoms with E-state index in [-0.39, 0.29) is 23.1 Å². The summed E-state index contributed by atoms with van der Waals surface area (Å²) in [7, 11) is 0. The molecule has 0 saturated heterocycles. The number of halogens is 2. The second-order valence-corrected chi connectivity index (χ2v) is 3.52. The Morgan fingerprint density at radius 2 is 2.31 bits per heavy atom. The van der Waals surface area contributed by atoms with E-state index in [1.165, 1.54) is 6.07 Å². The van der Waals surface area contributed by atoms with Gasteiger partial charge in [-0.1, -0.05) is 15.9 Å². The first-order valence-corrected chi connectivity index (χ1v) is 5.71. The highest BCUT2D eigenvalue weighted by atomic mass is 79.9. The van der Waals surface area contributed by atoms with Crippen LogP contribution in [0.3, 0.4) is 0 Å². The topological polar surface area (TPSA) is 50.1 Å². The van der Waals surface area contributed by atoms with Crippen molar-refractivity contribution in [2.24, 2.45) is 0 Å². The van der Waals surface area contributed by atoms with Crippen LogP contribution < -0.4 is 0 Å². The third-order valence-corrected chi connectivity index (χ3v) is 2.53. The molecule has 0 unspecified atom stereocenters. The van der Waals surface area contributed by atoms with Crippen LogP contribution in [0.4, 0.5) is 4.39 Å². The first-order chi connectivity index (χ1) is 7.63. The summed E-state index contributed by atoms with van der Waals surface area (Å²) in [4.78, 5) is 11.5. The summed E-state index contributed by atoms with van der Waals surface area (Å²) >= 11 is 3.14. The molecular formula is C11H9BrFNO2. The minimum atomic E-state index is -0.730. The van der Waals surface area contributed by atoms with E-state index >= 15 is 0 Å². The Balaban J connectivity index is 3.28. The highest BCUT2D eigenvalue weighted by molar-refractivity contribution is 9.08. The molecule has 16 heavy (non-hydrogen) atoms. The first-order valence-electron chi connectivity index (χ1n) is 4.59. The number of benzene rings is 1. The Morgan fingerprint density at radius 3 is 2.81 bits per heavy atom. The molecule has 0 aliphatic carbocycles. The molecule has 1 aromatic carbocycles. The maximum Gasteiger partial charge on any atom is 0.341 e. The normalized spacial score (nSPS) is 9.62. The van der Waals surface area contributed by atoms with E-state index in [4.69, 9.17) is 10.00 Å². The Morgan fingerprint density at radius 1 is 1.62 bits per heavy atom. The van der Waals surface area contributed by atoms with Gasteiger partial charge in [-0.25, -0.2) is 9.18 Å². The predicted molar refractivity (Wildman–Crippen MR) is 59.7 cm³/mol. The molecule has 0 heterocycles. The molecule has 0 atom stereocenters. The van der Waals surface area contributed by atoms with Crippen molar-refractivity contribution in [3.63, 3.8) is 0 Å². The molecule has 1 aromatic rings. The van der Waals surface area contributed by atoms with Gasteiger partial charge in [0.2, 0.25) is 0 Å². The van der Waals surface area contributed by atoms with Gasteiger partial charge >= 0.3 is 5.97 Å². The second-order valence-electron chi connectivity index (χ2n) is 2.96. The highest BCUT2D eigenvalue weighted by Crippen LogP contribution is 2.20. The molecule has 0 amide bonds. The van der Waals surface area contributed by atoms with E-state index in [9.17, 15) is 9.18 Å². The lowest BCUT2D eigenvalue weighted by Gasteiger charge is -2.08. The van der Waals surface area contributed by atoms with Crippen LogP contribution in [0, 0.1) is 17.1 Å². The zero-order valence-corrected chi connectivity index (χ0v) is 10.2. The Kier molecular flexibility index (Phi) is 4.44. The molecule has 1 rings (SSSR count). The van der Waals surface area contributed by atoms with Crippen molar-refractivity contribution in [3.05, 3.63) is 34.6 Å². The van der Waals surface area contributed by atoms with Crippen LogP contribution in [0.25, 0.3) is 0 Å². The van der Waals surface area contributed by atoms with Gasteiger partial charge in [0.05, 0.1) is 23.8 Å². The van der Waals surface area contributed by atoms with Crippen LogP contribution in [0.1, 0.15) is 28.4 Å². The predicted octanol–water partition coefficient (Wildman–Crippen LogP) is 2.77. The van der Waals surface area contributed by atoms with Gasteiger partial charge in [0.25, 0.3) is 0 Å². The van der Waals surface area contributed by atoms with Gasteiger partial charge in [-0.15, -0.1) is 0 Å². The first kappa shape index (κ1) is 12.7. The maximum absolute atomic E-state index is 13.6. The number of alkyl halides is 1.